The first-order valence-corrected chi connectivity index (χ1v) is 10.7. The number of ketones is 1. The van der Waals surface area contributed by atoms with E-state index < -0.39 is 0 Å². The number of aryl methyl sites for hydroxylation is 1. The van der Waals surface area contributed by atoms with Gasteiger partial charge in [-0.1, -0.05) is 17.8 Å². The van der Waals surface area contributed by atoms with Crippen LogP contribution in [0.15, 0.2) is 51.5 Å². The van der Waals surface area contributed by atoms with E-state index in [0.717, 1.165) is 23.5 Å². The van der Waals surface area contributed by atoms with Crippen molar-refractivity contribution in [2.45, 2.75) is 25.5 Å². The molecule has 4 aromatic heterocycles. The number of furan rings is 1. The second-order valence-corrected chi connectivity index (χ2v) is 8.48. The summed E-state index contributed by atoms with van der Waals surface area (Å²) in [6, 6.07) is 9.80. The van der Waals surface area contributed by atoms with Crippen molar-refractivity contribution in [3.8, 4) is 11.6 Å². The molecule has 4 heterocycles. The van der Waals surface area contributed by atoms with E-state index in [1.54, 1.807) is 17.6 Å². The second kappa shape index (κ2) is 7.81. The van der Waals surface area contributed by atoms with E-state index in [1.165, 1.54) is 16.6 Å². The molecule has 4 rings (SSSR count). The summed E-state index contributed by atoms with van der Waals surface area (Å²) >= 11 is 3.12. The van der Waals surface area contributed by atoms with Gasteiger partial charge in [-0.15, -0.1) is 21.5 Å². The van der Waals surface area contributed by atoms with Gasteiger partial charge in [0, 0.05) is 28.9 Å². The minimum absolute atomic E-state index is 0.0954. The smallest absolute Gasteiger partial charge is 0.200 e. The van der Waals surface area contributed by atoms with Crippen molar-refractivity contribution < 1.29 is 9.21 Å². The number of thiophene rings is 1. The zero-order valence-electron chi connectivity index (χ0n) is 15.9. The summed E-state index contributed by atoms with van der Waals surface area (Å²) in [5.41, 5.74) is 2.87. The Bertz CT molecular complexity index is 1090. The third-order valence-electron chi connectivity index (χ3n) is 4.68. The summed E-state index contributed by atoms with van der Waals surface area (Å²) in [7, 11) is 1.87. The van der Waals surface area contributed by atoms with Gasteiger partial charge < -0.3 is 13.6 Å². The first-order chi connectivity index (χ1) is 13.5. The zero-order valence-corrected chi connectivity index (χ0v) is 17.5. The molecule has 28 heavy (non-hydrogen) atoms. The van der Waals surface area contributed by atoms with Crippen LogP contribution in [0.4, 0.5) is 0 Å². The second-order valence-electron chi connectivity index (χ2n) is 6.50. The van der Waals surface area contributed by atoms with E-state index in [-0.39, 0.29) is 5.78 Å². The normalized spacial score (nSPS) is 11.2. The molecule has 8 heteroatoms. The van der Waals surface area contributed by atoms with E-state index in [9.17, 15) is 4.79 Å². The molecule has 0 amide bonds. The first kappa shape index (κ1) is 18.8. The molecule has 144 valence electrons. The van der Waals surface area contributed by atoms with Gasteiger partial charge in [0.15, 0.2) is 22.5 Å². The Hall–Kier alpha value is -2.58. The lowest BCUT2D eigenvalue weighted by Crippen LogP contribution is -2.07. The molecule has 0 spiro atoms. The summed E-state index contributed by atoms with van der Waals surface area (Å²) in [4.78, 5) is 14.1. The maximum absolute atomic E-state index is 12.8. The fourth-order valence-corrected chi connectivity index (χ4v) is 4.64. The van der Waals surface area contributed by atoms with Crippen molar-refractivity contribution in [3.05, 3.63) is 63.8 Å². The number of carbonyl (C=O) groups is 1. The maximum atomic E-state index is 12.8. The lowest BCUT2D eigenvalue weighted by Gasteiger charge is -2.08. The number of aromatic nitrogens is 4. The number of Topliss-reactive ketones (excluding diaryl/α,β-unsaturated/α-hetero) is 1. The van der Waals surface area contributed by atoms with Crippen LogP contribution in [0.1, 0.15) is 26.6 Å². The summed E-state index contributed by atoms with van der Waals surface area (Å²) in [6.07, 6.45) is 1.60. The summed E-state index contributed by atoms with van der Waals surface area (Å²) in [5, 5.41) is 11.1. The van der Waals surface area contributed by atoms with Crippen LogP contribution in [-0.2, 0) is 13.6 Å². The number of rotatable bonds is 7. The maximum Gasteiger partial charge on any atom is 0.200 e. The van der Waals surface area contributed by atoms with Crippen LogP contribution in [0, 0.1) is 13.8 Å². The van der Waals surface area contributed by atoms with Crippen molar-refractivity contribution in [2.75, 3.05) is 5.75 Å². The summed E-state index contributed by atoms with van der Waals surface area (Å²) in [5.74, 6) is 1.71. The van der Waals surface area contributed by atoms with E-state index >= 15 is 0 Å². The predicted octanol–water partition coefficient (Wildman–Crippen LogP) is 4.58. The molecule has 6 nitrogen and oxygen atoms in total. The van der Waals surface area contributed by atoms with Crippen LogP contribution < -0.4 is 0 Å². The predicted molar refractivity (Wildman–Crippen MR) is 111 cm³/mol. The molecule has 0 aliphatic rings. The molecule has 0 atom stereocenters. The van der Waals surface area contributed by atoms with Gasteiger partial charge in [-0.05, 0) is 43.5 Å². The molecule has 0 aromatic carbocycles. The molecule has 0 saturated carbocycles. The summed E-state index contributed by atoms with van der Waals surface area (Å²) < 4.78 is 9.42. The zero-order chi connectivity index (χ0) is 19.7. The average molecular weight is 413 g/mol. The van der Waals surface area contributed by atoms with E-state index in [2.05, 4.69) is 32.3 Å². The fraction of sp³-hybridized carbons (Fsp3) is 0.250. The van der Waals surface area contributed by atoms with Crippen LogP contribution in [0.3, 0.4) is 0 Å². The number of nitrogens with zero attached hydrogens (tertiary/aromatic N) is 4. The van der Waals surface area contributed by atoms with Gasteiger partial charge in [0.2, 0.25) is 0 Å². The number of thioether (sulfide) groups is 1. The van der Waals surface area contributed by atoms with Gasteiger partial charge in [-0.2, -0.15) is 0 Å². The van der Waals surface area contributed by atoms with Crippen molar-refractivity contribution >= 4 is 28.9 Å². The topological polar surface area (TPSA) is 65.8 Å². The van der Waals surface area contributed by atoms with Crippen LogP contribution in [0.25, 0.3) is 11.6 Å². The monoisotopic (exact) mass is 412 g/mol. The molecule has 0 fully saturated rings. The first-order valence-electron chi connectivity index (χ1n) is 8.83. The van der Waals surface area contributed by atoms with Crippen molar-refractivity contribution in [3.63, 3.8) is 0 Å². The highest BCUT2D eigenvalue weighted by Gasteiger charge is 2.19. The molecule has 0 unspecified atom stereocenters. The average Bonchev–Trinajstić information content (AvgIpc) is 3.46. The highest BCUT2D eigenvalue weighted by molar-refractivity contribution is 7.99. The molecule has 0 aliphatic carbocycles. The van der Waals surface area contributed by atoms with Crippen LogP contribution in [-0.4, -0.2) is 30.9 Å². The third-order valence-corrected chi connectivity index (χ3v) is 6.56. The SMILES string of the molecule is Cc1cc(C(=O)CSc2nnc(-c3ccco3)n2C)c(C)n1Cc1cccs1. The van der Waals surface area contributed by atoms with Crippen molar-refractivity contribution in [1.29, 1.82) is 0 Å². The standard InChI is InChI=1S/C20H20N4O2S2/c1-13-10-16(14(2)24(13)11-15-6-5-9-27-15)17(25)12-28-20-22-21-19(23(20)3)18-7-4-8-26-18/h4-10H,11-12H2,1-3H3. The van der Waals surface area contributed by atoms with Gasteiger partial charge in [0.1, 0.15) is 0 Å². The lowest BCUT2D eigenvalue weighted by molar-refractivity contribution is 0.102. The third kappa shape index (κ3) is 3.57. The van der Waals surface area contributed by atoms with E-state index in [4.69, 9.17) is 4.42 Å². The Morgan fingerprint density at radius 3 is 2.82 bits per heavy atom. The van der Waals surface area contributed by atoms with Gasteiger partial charge in [-0.25, -0.2) is 0 Å². The molecule has 0 saturated heterocycles. The van der Waals surface area contributed by atoms with Crippen molar-refractivity contribution in [2.24, 2.45) is 7.05 Å². The Labute approximate surface area is 171 Å². The Kier molecular flexibility index (Phi) is 5.23. The minimum atomic E-state index is 0.0954. The minimum Gasteiger partial charge on any atom is -0.461 e. The quantitative estimate of drug-likeness (QED) is 0.328. The Morgan fingerprint density at radius 1 is 1.25 bits per heavy atom. The largest absolute Gasteiger partial charge is 0.461 e. The molecular weight excluding hydrogens is 392 g/mol. The number of carbonyl (C=O) groups excluding carboxylic acids is 1. The van der Waals surface area contributed by atoms with Crippen molar-refractivity contribution in [1.82, 2.24) is 19.3 Å². The molecular formula is C20H20N4O2S2. The lowest BCUT2D eigenvalue weighted by atomic mass is 10.2. The molecule has 0 bridgehead atoms. The van der Waals surface area contributed by atoms with Crippen LogP contribution >= 0.6 is 23.1 Å². The number of hydrogen-bond donors (Lipinski definition) is 0. The molecule has 0 radical (unpaired) electrons. The van der Waals surface area contributed by atoms with Crippen LogP contribution in [0.5, 0.6) is 0 Å². The summed E-state index contributed by atoms with van der Waals surface area (Å²) in [6.45, 7) is 4.85. The Balaban J connectivity index is 1.48. The van der Waals surface area contributed by atoms with Gasteiger partial charge in [0.25, 0.3) is 0 Å². The molecule has 0 aliphatic heterocycles. The molecule has 0 N–H and O–H groups in total. The van der Waals surface area contributed by atoms with Gasteiger partial charge in [0.05, 0.1) is 18.6 Å². The van der Waals surface area contributed by atoms with E-state index in [0.29, 0.717) is 22.5 Å². The Morgan fingerprint density at radius 2 is 2.11 bits per heavy atom. The fourth-order valence-electron chi connectivity index (χ4n) is 3.15. The number of hydrogen-bond acceptors (Lipinski definition) is 6. The highest BCUT2D eigenvalue weighted by atomic mass is 32.2. The highest BCUT2D eigenvalue weighted by Crippen LogP contribution is 2.25. The van der Waals surface area contributed by atoms with Gasteiger partial charge in [-0.3, -0.25) is 4.79 Å². The van der Waals surface area contributed by atoms with E-state index in [1.807, 2.05) is 43.7 Å². The van der Waals surface area contributed by atoms with Gasteiger partial charge >= 0.3 is 0 Å². The molecule has 4 aromatic rings. The van der Waals surface area contributed by atoms with Crippen LogP contribution in [0.2, 0.25) is 0 Å².